The van der Waals surface area contributed by atoms with Crippen LogP contribution >= 0.6 is 0 Å². The summed E-state index contributed by atoms with van der Waals surface area (Å²) < 4.78 is 4.76. The SMILES string of the molecule is Cc1cnoc1C(=O)NCC(C)CC(=O)O. The van der Waals surface area contributed by atoms with Crippen molar-refractivity contribution < 1.29 is 19.2 Å². The summed E-state index contributed by atoms with van der Waals surface area (Å²) in [5.41, 5.74) is 0.656. The van der Waals surface area contributed by atoms with Gasteiger partial charge >= 0.3 is 5.97 Å². The maximum absolute atomic E-state index is 11.5. The third kappa shape index (κ3) is 3.38. The molecule has 0 bridgehead atoms. The van der Waals surface area contributed by atoms with Crippen LogP contribution in [0, 0.1) is 12.8 Å². The summed E-state index contributed by atoms with van der Waals surface area (Å²) in [6.45, 7) is 3.76. The van der Waals surface area contributed by atoms with Crippen LogP contribution in [-0.2, 0) is 4.79 Å². The second kappa shape index (κ2) is 5.29. The first-order valence-electron chi connectivity index (χ1n) is 4.92. The molecule has 1 aromatic heterocycles. The van der Waals surface area contributed by atoms with Crippen molar-refractivity contribution in [3.8, 4) is 0 Å². The fraction of sp³-hybridized carbons (Fsp3) is 0.500. The number of hydrogen-bond donors (Lipinski definition) is 2. The van der Waals surface area contributed by atoms with Crippen LogP contribution in [0.2, 0.25) is 0 Å². The molecule has 0 saturated carbocycles. The molecule has 88 valence electrons. The molecule has 1 rings (SSSR count). The van der Waals surface area contributed by atoms with Gasteiger partial charge in [0.2, 0.25) is 5.76 Å². The van der Waals surface area contributed by atoms with Crippen LogP contribution in [0.4, 0.5) is 0 Å². The quantitative estimate of drug-likeness (QED) is 0.775. The maximum atomic E-state index is 11.5. The van der Waals surface area contributed by atoms with Crippen molar-refractivity contribution in [2.75, 3.05) is 6.54 Å². The van der Waals surface area contributed by atoms with Gasteiger partial charge in [0.05, 0.1) is 6.20 Å². The maximum Gasteiger partial charge on any atom is 0.303 e. The second-order valence-corrected chi connectivity index (χ2v) is 3.75. The number of aromatic nitrogens is 1. The zero-order valence-electron chi connectivity index (χ0n) is 9.19. The average Bonchev–Trinajstić information content (AvgIpc) is 2.60. The van der Waals surface area contributed by atoms with Gasteiger partial charge in [0.1, 0.15) is 0 Å². The number of hydrogen-bond acceptors (Lipinski definition) is 4. The lowest BCUT2D eigenvalue weighted by Gasteiger charge is -2.08. The van der Waals surface area contributed by atoms with E-state index in [-0.39, 0.29) is 24.0 Å². The average molecular weight is 226 g/mol. The van der Waals surface area contributed by atoms with Gasteiger partial charge in [-0.2, -0.15) is 0 Å². The normalized spacial score (nSPS) is 12.1. The van der Waals surface area contributed by atoms with E-state index in [4.69, 9.17) is 9.63 Å². The number of nitrogens with one attached hydrogen (secondary N) is 1. The summed E-state index contributed by atoms with van der Waals surface area (Å²) in [7, 11) is 0. The van der Waals surface area contributed by atoms with Crippen molar-refractivity contribution >= 4 is 11.9 Å². The molecular weight excluding hydrogens is 212 g/mol. The van der Waals surface area contributed by atoms with E-state index < -0.39 is 5.97 Å². The van der Waals surface area contributed by atoms with Crippen LogP contribution in [0.1, 0.15) is 29.5 Å². The molecule has 1 unspecified atom stereocenters. The Morgan fingerprint density at radius 3 is 2.81 bits per heavy atom. The molecule has 2 N–H and O–H groups in total. The van der Waals surface area contributed by atoms with E-state index in [1.54, 1.807) is 13.8 Å². The van der Waals surface area contributed by atoms with Gasteiger partial charge < -0.3 is 14.9 Å². The van der Waals surface area contributed by atoms with Gasteiger partial charge in [-0.15, -0.1) is 0 Å². The largest absolute Gasteiger partial charge is 0.481 e. The number of aryl methyl sites for hydroxylation is 1. The van der Waals surface area contributed by atoms with E-state index in [0.717, 1.165) is 0 Å². The number of carbonyl (C=O) groups is 2. The number of carboxylic acid groups (broad SMARTS) is 1. The number of nitrogens with zero attached hydrogens (tertiary/aromatic N) is 1. The van der Waals surface area contributed by atoms with Gasteiger partial charge in [-0.05, 0) is 12.8 Å². The van der Waals surface area contributed by atoms with E-state index in [2.05, 4.69) is 10.5 Å². The van der Waals surface area contributed by atoms with E-state index in [1.165, 1.54) is 6.20 Å². The van der Waals surface area contributed by atoms with Crippen molar-refractivity contribution in [3.63, 3.8) is 0 Å². The highest BCUT2D eigenvalue weighted by Gasteiger charge is 2.15. The zero-order chi connectivity index (χ0) is 12.1. The summed E-state index contributed by atoms with van der Waals surface area (Å²) in [6, 6.07) is 0. The van der Waals surface area contributed by atoms with Crippen molar-refractivity contribution in [3.05, 3.63) is 17.5 Å². The van der Waals surface area contributed by atoms with Gasteiger partial charge in [-0.1, -0.05) is 12.1 Å². The van der Waals surface area contributed by atoms with Crippen molar-refractivity contribution in [2.24, 2.45) is 5.92 Å². The predicted octanol–water partition coefficient (Wildman–Crippen LogP) is 0.824. The number of carboxylic acids is 1. The lowest BCUT2D eigenvalue weighted by Crippen LogP contribution is -2.29. The number of aliphatic carboxylic acids is 1. The monoisotopic (exact) mass is 226 g/mol. The summed E-state index contributed by atoms with van der Waals surface area (Å²) in [6.07, 6.45) is 1.48. The van der Waals surface area contributed by atoms with Gasteiger partial charge in [0.15, 0.2) is 0 Å². The van der Waals surface area contributed by atoms with Crippen molar-refractivity contribution in [2.45, 2.75) is 20.3 Å². The first kappa shape index (κ1) is 12.2. The van der Waals surface area contributed by atoms with Gasteiger partial charge in [0, 0.05) is 18.5 Å². The standard InChI is InChI=1S/C10H14N2O4/c1-6(3-8(13)14)4-11-10(15)9-7(2)5-12-16-9/h5-6H,3-4H2,1-2H3,(H,11,15)(H,13,14). The molecule has 0 spiro atoms. The lowest BCUT2D eigenvalue weighted by atomic mass is 10.1. The van der Waals surface area contributed by atoms with Crippen LogP contribution in [0.25, 0.3) is 0 Å². The molecular formula is C10H14N2O4. The van der Waals surface area contributed by atoms with Crippen LogP contribution in [0.15, 0.2) is 10.7 Å². The third-order valence-corrected chi connectivity index (χ3v) is 2.09. The molecule has 1 aromatic rings. The molecule has 1 amide bonds. The fourth-order valence-electron chi connectivity index (χ4n) is 1.23. The fourth-order valence-corrected chi connectivity index (χ4v) is 1.23. The molecule has 0 aromatic carbocycles. The predicted molar refractivity (Wildman–Crippen MR) is 55.0 cm³/mol. The molecule has 0 fully saturated rings. The molecule has 0 radical (unpaired) electrons. The summed E-state index contributed by atoms with van der Waals surface area (Å²) >= 11 is 0. The highest BCUT2D eigenvalue weighted by atomic mass is 16.5. The topological polar surface area (TPSA) is 92.4 Å². The van der Waals surface area contributed by atoms with Crippen LogP contribution in [0.5, 0.6) is 0 Å². The number of amides is 1. The van der Waals surface area contributed by atoms with E-state index >= 15 is 0 Å². The lowest BCUT2D eigenvalue weighted by molar-refractivity contribution is -0.137. The molecule has 0 aliphatic carbocycles. The zero-order valence-corrected chi connectivity index (χ0v) is 9.19. The van der Waals surface area contributed by atoms with E-state index in [9.17, 15) is 9.59 Å². The van der Waals surface area contributed by atoms with Crippen molar-refractivity contribution in [1.29, 1.82) is 0 Å². The Labute approximate surface area is 92.6 Å². The van der Waals surface area contributed by atoms with Crippen molar-refractivity contribution in [1.82, 2.24) is 10.5 Å². The molecule has 6 nitrogen and oxygen atoms in total. The summed E-state index contributed by atoms with van der Waals surface area (Å²) in [4.78, 5) is 21.9. The Morgan fingerprint density at radius 2 is 2.31 bits per heavy atom. The van der Waals surface area contributed by atoms with Gasteiger partial charge in [-0.25, -0.2) is 0 Å². The highest BCUT2D eigenvalue weighted by molar-refractivity contribution is 5.92. The summed E-state index contributed by atoms with van der Waals surface area (Å²) in [5, 5.41) is 14.6. The Balaban J connectivity index is 2.42. The number of carbonyl (C=O) groups excluding carboxylic acids is 1. The first-order chi connectivity index (χ1) is 7.50. The van der Waals surface area contributed by atoms with E-state index in [1.807, 2.05) is 0 Å². The highest BCUT2D eigenvalue weighted by Crippen LogP contribution is 2.06. The molecule has 6 heteroatoms. The Morgan fingerprint density at radius 1 is 1.62 bits per heavy atom. The van der Waals surface area contributed by atoms with E-state index in [0.29, 0.717) is 12.1 Å². The molecule has 16 heavy (non-hydrogen) atoms. The second-order valence-electron chi connectivity index (χ2n) is 3.75. The Bertz CT molecular complexity index is 386. The Hall–Kier alpha value is -1.85. The van der Waals surface area contributed by atoms with Crippen LogP contribution in [-0.4, -0.2) is 28.7 Å². The van der Waals surface area contributed by atoms with Crippen LogP contribution in [0.3, 0.4) is 0 Å². The van der Waals surface area contributed by atoms with Crippen LogP contribution < -0.4 is 5.32 Å². The van der Waals surface area contributed by atoms with Gasteiger partial charge in [0.25, 0.3) is 5.91 Å². The summed E-state index contributed by atoms with van der Waals surface area (Å²) in [5.74, 6) is -1.20. The minimum Gasteiger partial charge on any atom is -0.481 e. The molecule has 0 aliphatic heterocycles. The smallest absolute Gasteiger partial charge is 0.303 e. The third-order valence-electron chi connectivity index (χ3n) is 2.09. The first-order valence-corrected chi connectivity index (χ1v) is 4.92. The molecule has 0 aliphatic rings. The molecule has 1 heterocycles. The number of rotatable bonds is 5. The molecule has 0 saturated heterocycles. The Kier molecular flexibility index (Phi) is 4.04. The minimum absolute atomic E-state index is 0.0235. The minimum atomic E-state index is -0.877. The molecule has 1 atom stereocenters. The van der Waals surface area contributed by atoms with Gasteiger partial charge in [-0.3, -0.25) is 9.59 Å².